The molecule has 34 heavy (non-hydrogen) atoms. The van der Waals surface area contributed by atoms with Gasteiger partial charge in [0.2, 0.25) is 5.91 Å². The zero-order valence-corrected chi connectivity index (χ0v) is 19.9. The van der Waals surface area contributed by atoms with Crippen molar-refractivity contribution in [3.63, 3.8) is 0 Å². The Morgan fingerprint density at radius 3 is 2.68 bits per heavy atom. The lowest BCUT2D eigenvalue weighted by atomic mass is 10.0. The molecule has 0 bridgehead atoms. The molecule has 2 aliphatic rings. The zero-order chi connectivity index (χ0) is 24.1. The molecule has 2 aromatic carbocycles. The number of nitrogens with one attached hydrogen (secondary N) is 1. The van der Waals surface area contributed by atoms with E-state index in [9.17, 15) is 18.0 Å². The van der Waals surface area contributed by atoms with E-state index in [-0.39, 0.29) is 25.1 Å². The first kappa shape index (κ1) is 24.0. The Kier molecular flexibility index (Phi) is 7.33. The van der Waals surface area contributed by atoms with Gasteiger partial charge >= 0.3 is 10.2 Å². The quantitative estimate of drug-likeness (QED) is 0.611. The number of anilines is 1. The molecule has 0 aromatic heterocycles. The monoisotopic (exact) mass is 483 g/mol. The zero-order valence-electron chi connectivity index (χ0n) is 19.1. The molecule has 2 saturated heterocycles. The summed E-state index contributed by atoms with van der Waals surface area (Å²) in [5, 5.41) is 0. The highest BCUT2D eigenvalue weighted by Gasteiger charge is 2.36. The van der Waals surface area contributed by atoms with Crippen LogP contribution in [0.3, 0.4) is 0 Å². The van der Waals surface area contributed by atoms with E-state index in [0.29, 0.717) is 17.7 Å². The van der Waals surface area contributed by atoms with Crippen LogP contribution in [0.4, 0.5) is 5.69 Å². The maximum Gasteiger partial charge on any atom is 0.302 e. The smallest absolute Gasteiger partial charge is 0.302 e. The number of hydrogen-bond donors (Lipinski definition) is 1. The fraction of sp³-hybridized carbons (Fsp3) is 0.360. The molecule has 9 heteroatoms. The summed E-state index contributed by atoms with van der Waals surface area (Å²) in [5.74, 6) is 0.461. The molecule has 2 aliphatic heterocycles. The fourth-order valence-electron chi connectivity index (χ4n) is 4.33. The molecular formula is C25H29N3O5S. The Labute approximate surface area is 200 Å². The van der Waals surface area contributed by atoms with Gasteiger partial charge in [-0.1, -0.05) is 48.6 Å². The molecule has 2 aromatic rings. The number of likely N-dealkylation sites (tertiary alicyclic amines) is 1. The van der Waals surface area contributed by atoms with Crippen molar-refractivity contribution < 1.29 is 22.7 Å². The van der Waals surface area contributed by atoms with Gasteiger partial charge in [-0.25, -0.2) is 0 Å². The second-order valence-electron chi connectivity index (χ2n) is 8.53. The third-order valence-corrected chi connectivity index (χ3v) is 7.60. The standard InChI is InChI=1S/C25H29N3O5S/c1-19(30)27-14-6-5-9-23(27)12-10-20-11-13-24(28-16-22(17-29)26-34(28,31)32)25(15-20)33-18-21-7-3-2-4-8-21/h2-4,7-8,10-13,15,17,22-23,26H,5-6,9,14,16,18H2,1H3/b12-10+. The second-order valence-corrected chi connectivity index (χ2v) is 10.2. The number of carbonyl (C=O) groups is 2. The lowest BCUT2D eigenvalue weighted by Crippen LogP contribution is -2.41. The van der Waals surface area contributed by atoms with Crippen LogP contribution in [0, 0.1) is 0 Å². The molecule has 0 spiro atoms. The van der Waals surface area contributed by atoms with Gasteiger partial charge in [-0.15, -0.1) is 0 Å². The molecular weight excluding hydrogens is 454 g/mol. The fourth-order valence-corrected chi connectivity index (χ4v) is 5.74. The minimum Gasteiger partial charge on any atom is -0.487 e. The Balaban J connectivity index is 1.63. The molecule has 8 nitrogen and oxygen atoms in total. The summed E-state index contributed by atoms with van der Waals surface area (Å²) in [4.78, 5) is 25.1. The molecule has 0 saturated carbocycles. The highest BCUT2D eigenvalue weighted by molar-refractivity contribution is 7.91. The van der Waals surface area contributed by atoms with Crippen LogP contribution in [0.2, 0.25) is 0 Å². The van der Waals surface area contributed by atoms with E-state index in [4.69, 9.17) is 4.74 Å². The summed E-state index contributed by atoms with van der Waals surface area (Å²) in [7, 11) is -3.86. The van der Waals surface area contributed by atoms with Gasteiger partial charge in [0.1, 0.15) is 18.6 Å². The van der Waals surface area contributed by atoms with Crippen LogP contribution in [0.5, 0.6) is 5.75 Å². The summed E-state index contributed by atoms with van der Waals surface area (Å²) in [6, 6.07) is 14.1. The number of benzene rings is 2. The number of rotatable bonds is 7. The maximum absolute atomic E-state index is 12.6. The van der Waals surface area contributed by atoms with E-state index in [1.54, 1.807) is 19.1 Å². The van der Waals surface area contributed by atoms with E-state index < -0.39 is 16.3 Å². The third kappa shape index (κ3) is 5.48. The van der Waals surface area contributed by atoms with Crippen molar-refractivity contribution in [1.82, 2.24) is 9.62 Å². The van der Waals surface area contributed by atoms with E-state index >= 15 is 0 Å². The molecule has 4 rings (SSSR count). The van der Waals surface area contributed by atoms with Gasteiger partial charge in [0, 0.05) is 13.5 Å². The summed E-state index contributed by atoms with van der Waals surface area (Å²) >= 11 is 0. The van der Waals surface area contributed by atoms with Gasteiger partial charge in [-0.3, -0.25) is 9.10 Å². The Morgan fingerprint density at radius 1 is 1.18 bits per heavy atom. The summed E-state index contributed by atoms with van der Waals surface area (Å²) in [6.45, 7) is 2.61. The molecule has 1 N–H and O–H groups in total. The van der Waals surface area contributed by atoms with Crippen LogP contribution in [-0.4, -0.2) is 50.7 Å². The van der Waals surface area contributed by atoms with Gasteiger partial charge in [0.25, 0.3) is 0 Å². The third-order valence-electron chi connectivity index (χ3n) is 6.07. The summed E-state index contributed by atoms with van der Waals surface area (Å²) < 4.78 is 34.8. The van der Waals surface area contributed by atoms with Crippen molar-refractivity contribution in [2.45, 2.75) is 44.9 Å². The molecule has 2 heterocycles. The topological polar surface area (TPSA) is 96.0 Å². The number of hydrogen-bond acceptors (Lipinski definition) is 5. The van der Waals surface area contributed by atoms with Crippen molar-refractivity contribution in [3.05, 3.63) is 65.7 Å². The van der Waals surface area contributed by atoms with Crippen LogP contribution in [0.25, 0.3) is 6.08 Å². The van der Waals surface area contributed by atoms with Crippen LogP contribution in [-0.2, 0) is 26.4 Å². The van der Waals surface area contributed by atoms with Crippen LogP contribution in [0.15, 0.2) is 54.6 Å². The summed E-state index contributed by atoms with van der Waals surface area (Å²) in [6.07, 6.45) is 7.54. The minimum absolute atomic E-state index is 0.00163. The first-order valence-corrected chi connectivity index (χ1v) is 12.8. The first-order valence-electron chi connectivity index (χ1n) is 11.4. The molecule has 2 atom stereocenters. The average molecular weight is 484 g/mol. The maximum atomic E-state index is 12.6. The second kappa shape index (κ2) is 10.4. The van der Waals surface area contributed by atoms with Gasteiger partial charge in [-0.2, -0.15) is 13.1 Å². The van der Waals surface area contributed by atoms with Gasteiger partial charge < -0.3 is 14.4 Å². The van der Waals surface area contributed by atoms with Crippen LogP contribution < -0.4 is 13.8 Å². The molecule has 1 amide bonds. The molecule has 2 unspecified atom stereocenters. The number of aldehydes is 1. The number of piperidine rings is 1. The molecule has 0 radical (unpaired) electrons. The highest BCUT2D eigenvalue weighted by atomic mass is 32.2. The number of carbonyl (C=O) groups excluding carboxylic acids is 2. The van der Waals surface area contributed by atoms with Crippen molar-refractivity contribution in [1.29, 1.82) is 0 Å². The van der Waals surface area contributed by atoms with Crippen molar-refractivity contribution in [3.8, 4) is 5.75 Å². The van der Waals surface area contributed by atoms with E-state index in [1.807, 2.05) is 53.5 Å². The largest absolute Gasteiger partial charge is 0.487 e. The van der Waals surface area contributed by atoms with Crippen LogP contribution in [0.1, 0.15) is 37.3 Å². The lowest BCUT2D eigenvalue weighted by Gasteiger charge is -2.33. The Hall–Kier alpha value is -3.17. The number of ether oxygens (including phenoxy) is 1. The van der Waals surface area contributed by atoms with E-state index in [0.717, 1.165) is 36.9 Å². The van der Waals surface area contributed by atoms with Crippen molar-refractivity contribution >= 4 is 34.2 Å². The van der Waals surface area contributed by atoms with Crippen LogP contribution >= 0.6 is 0 Å². The minimum atomic E-state index is -3.86. The number of amides is 1. The van der Waals surface area contributed by atoms with Gasteiger partial charge in [0.05, 0.1) is 24.3 Å². The van der Waals surface area contributed by atoms with Gasteiger partial charge in [0.15, 0.2) is 0 Å². The van der Waals surface area contributed by atoms with E-state index in [1.165, 1.54) is 4.31 Å². The Morgan fingerprint density at radius 2 is 1.97 bits per heavy atom. The van der Waals surface area contributed by atoms with Crippen molar-refractivity contribution in [2.24, 2.45) is 0 Å². The SMILES string of the molecule is CC(=O)N1CCCCC1/C=C/c1ccc(N2CC(C=O)NS2(=O)=O)c(OCc2ccccc2)c1. The lowest BCUT2D eigenvalue weighted by molar-refractivity contribution is -0.131. The highest BCUT2D eigenvalue weighted by Crippen LogP contribution is 2.34. The Bertz CT molecular complexity index is 1170. The normalized spacial score (nSPS) is 22.1. The predicted octanol–water partition coefficient (Wildman–Crippen LogP) is 2.90. The molecule has 0 aliphatic carbocycles. The van der Waals surface area contributed by atoms with Gasteiger partial charge in [-0.05, 0) is 42.5 Å². The predicted molar refractivity (Wildman–Crippen MR) is 131 cm³/mol. The molecule has 180 valence electrons. The molecule has 2 fully saturated rings. The average Bonchev–Trinajstić information content (AvgIpc) is 3.16. The number of nitrogens with zero attached hydrogens (tertiary/aromatic N) is 2. The van der Waals surface area contributed by atoms with E-state index in [2.05, 4.69) is 4.72 Å². The summed E-state index contributed by atoms with van der Waals surface area (Å²) in [5.41, 5.74) is 2.15. The first-order chi connectivity index (χ1) is 16.4. The van der Waals surface area contributed by atoms with Crippen molar-refractivity contribution in [2.75, 3.05) is 17.4 Å².